The number of likely N-dealkylation sites (N-methyl/N-ethyl adjacent to an activating group) is 1. The van der Waals surface area contributed by atoms with E-state index < -0.39 is 34.4 Å². The Bertz CT molecular complexity index is 1330. The van der Waals surface area contributed by atoms with E-state index in [0.717, 1.165) is 9.87 Å². The van der Waals surface area contributed by atoms with Gasteiger partial charge in [-0.1, -0.05) is 65.2 Å². The Morgan fingerprint density at radius 2 is 1.58 bits per heavy atom. The van der Waals surface area contributed by atoms with Crippen LogP contribution in [-0.4, -0.2) is 44.8 Å². The van der Waals surface area contributed by atoms with Crippen molar-refractivity contribution in [2.75, 3.05) is 17.9 Å². The fraction of sp³-hybridized carbons (Fsp3) is 0.231. The molecule has 190 valence electrons. The first kappa shape index (κ1) is 27.5. The number of carbonyl (C=O) groups excluding carboxylic acids is 2. The van der Waals surface area contributed by atoms with Crippen LogP contribution in [0, 0.1) is 6.92 Å². The van der Waals surface area contributed by atoms with Crippen LogP contribution >= 0.6 is 23.2 Å². The van der Waals surface area contributed by atoms with Gasteiger partial charge in [0.1, 0.15) is 12.6 Å². The van der Waals surface area contributed by atoms with Crippen molar-refractivity contribution < 1.29 is 18.0 Å². The topological polar surface area (TPSA) is 86.8 Å². The Morgan fingerprint density at radius 1 is 0.944 bits per heavy atom. The van der Waals surface area contributed by atoms with Gasteiger partial charge in [0, 0.05) is 13.6 Å². The van der Waals surface area contributed by atoms with Gasteiger partial charge in [-0.05, 0) is 55.8 Å². The van der Waals surface area contributed by atoms with Gasteiger partial charge in [-0.25, -0.2) is 8.42 Å². The second-order valence-electron chi connectivity index (χ2n) is 8.22. The number of halogens is 2. The molecule has 0 aliphatic heterocycles. The molecule has 3 rings (SSSR count). The summed E-state index contributed by atoms with van der Waals surface area (Å²) in [7, 11) is -2.62. The number of anilines is 1. The molecule has 0 aliphatic rings. The maximum atomic E-state index is 13.7. The average Bonchev–Trinajstić information content (AvgIpc) is 2.87. The van der Waals surface area contributed by atoms with E-state index in [9.17, 15) is 18.0 Å². The van der Waals surface area contributed by atoms with Crippen LogP contribution in [0.25, 0.3) is 0 Å². The molecule has 2 amide bonds. The second kappa shape index (κ2) is 11.8. The zero-order chi connectivity index (χ0) is 26.5. The van der Waals surface area contributed by atoms with Gasteiger partial charge >= 0.3 is 0 Å². The van der Waals surface area contributed by atoms with Gasteiger partial charge in [-0.15, -0.1) is 0 Å². The summed E-state index contributed by atoms with van der Waals surface area (Å²) in [4.78, 5) is 27.5. The molecule has 0 radical (unpaired) electrons. The highest BCUT2D eigenvalue weighted by atomic mass is 35.5. The van der Waals surface area contributed by atoms with Crippen LogP contribution in [0.15, 0.2) is 77.7 Å². The molecule has 0 fully saturated rings. The van der Waals surface area contributed by atoms with E-state index in [0.29, 0.717) is 21.3 Å². The van der Waals surface area contributed by atoms with Crippen molar-refractivity contribution in [3.63, 3.8) is 0 Å². The maximum Gasteiger partial charge on any atom is 0.264 e. The fourth-order valence-electron chi connectivity index (χ4n) is 3.59. The molecule has 0 heterocycles. The number of rotatable bonds is 9. The number of hydrogen-bond acceptors (Lipinski definition) is 4. The Morgan fingerprint density at radius 3 is 2.17 bits per heavy atom. The number of para-hydroxylation sites is 1. The van der Waals surface area contributed by atoms with Crippen LogP contribution in [-0.2, 0) is 26.2 Å². The molecule has 3 aromatic rings. The second-order valence-corrected chi connectivity index (χ2v) is 10.9. The van der Waals surface area contributed by atoms with Crippen molar-refractivity contribution in [1.82, 2.24) is 10.2 Å². The Labute approximate surface area is 221 Å². The van der Waals surface area contributed by atoms with Crippen LogP contribution in [0.4, 0.5) is 5.69 Å². The summed E-state index contributed by atoms with van der Waals surface area (Å²) in [6, 6.07) is 18.8. The number of sulfonamides is 1. The fourth-order valence-corrected chi connectivity index (χ4v) is 5.32. The third-order valence-electron chi connectivity index (χ3n) is 5.68. The van der Waals surface area contributed by atoms with Crippen molar-refractivity contribution in [3.8, 4) is 0 Å². The summed E-state index contributed by atoms with van der Waals surface area (Å²) < 4.78 is 28.3. The lowest BCUT2D eigenvalue weighted by Crippen LogP contribution is -2.50. The summed E-state index contributed by atoms with van der Waals surface area (Å²) >= 11 is 12.2. The number of benzene rings is 3. The van der Waals surface area contributed by atoms with E-state index in [-0.39, 0.29) is 11.4 Å². The van der Waals surface area contributed by atoms with Crippen molar-refractivity contribution >= 4 is 50.7 Å². The molecule has 0 bridgehead atoms. The first-order chi connectivity index (χ1) is 17.0. The summed E-state index contributed by atoms with van der Waals surface area (Å²) in [5.74, 6) is -0.951. The molecule has 0 spiro atoms. The third-order valence-corrected chi connectivity index (χ3v) is 8.21. The molecule has 1 N–H and O–H groups in total. The van der Waals surface area contributed by atoms with E-state index in [1.807, 2.05) is 6.92 Å². The number of nitrogens with one attached hydrogen (secondary N) is 1. The first-order valence-corrected chi connectivity index (χ1v) is 13.3. The van der Waals surface area contributed by atoms with Gasteiger partial charge < -0.3 is 10.2 Å². The SMILES string of the molecule is CNC(=O)C(C)N(Cc1ccc(Cl)c(Cl)c1)C(=O)CN(c1ccccc1)S(=O)(=O)c1ccc(C)cc1. The number of amides is 2. The van der Waals surface area contributed by atoms with Crippen LogP contribution in [0.5, 0.6) is 0 Å². The molecule has 0 aromatic heterocycles. The summed E-state index contributed by atoms with van der Waals surface area (Å²) in [6.07, 6.45) is 0. The number of aryl methyl sites for hydroxylation is 1. The normalized spacial score (nSPS) is 12.0. The molecule has 1 unspecified atom stereocenters. The Kier molecular flexibility index (Phi) is 9.00. The standard InChI is InChI=1S/C26H27Cl2N3O4S/c1-18-9-12-22(13-10-18)36(34,35)31(21-7-5-4-6-8-21)17-25(32)30(19(2)26(33)29-3)16-20-11-14-23(27)24(28)15-20/h4-15,19H,16-17H2,1-3H3,(H,29,33). The van der Waals surface area contributed by atoms with Crippen molar-refractivity contribution in [2.45, 2.75) is 31.3 Å². The highest BCUT2D eigenvalue weighted by Crippen LogP contribution is 2.26. The van der Waals surface area contributed by atoms with Crippen molar-refractivity contribution in [3.05, 3.63) is 94.0 Å². The van der Waals surface area contributed by atoms with Crippen LogP contribution in [0.3, 0.4) is 0 Å². The van der Waals surface area contributed by atoms with E-state index in [1.54, 1.807) is 67.6 Å². The van der Waals surface area contributed by atoms with Crippen molar-refractivity contribution in [2.24, 2.45) is 0 Å². The van der Waals surface area contributed by atoms with Gasteiger partial charge in [0.15, 0.2) is 0 Å². The maximum absolute atomic E-state index is 13.7. The van der Waals surface area contributed by atoms with Crippen LogP contribution in [0.1, 0.15) is 18.1 Å². The minimum atomic E-state index is -4.09. The van der Waals surface area contributed by atoms with Gasteiger partial charge in [0.05, 0.1) is 20.6 Å². The third kappa shape index (κ3) is 6.37. The minimum Gasteiger partial charge on any atom is -0.357 e. The first-order valence-electron chi connectivity index (χ1n) is 11.1. The van der Waals surface area contributed by atoms with E-state index in [2.05, 4.69) is 5.32 Å². The molecule has 0 saturated carbocycles. The largest absolute Gasteiger partial charge is 0.357 e. The minimum absolute atomic E-state index is 0.0253. The van der Waals surface area contributed by atoms with Gasteiger partial charge in [-0.3, -0.25) is 13.9 Å². The molecular formula is C26H27Cl2N3O4S. The van der Waals surface area contributed by atoms with Gasteiger partial charge in [-0.2, -0.15) is 0 Å². The highest BCUT2D eigenvalue weighted by molar-refractivity contribution is 7.92. The molecule has 0 aliphatic carbocycles. The smallest absolute Gasteiger partial charge is 0.264 e. The summed E-state index contributed by atoms with van der Waals surface area (Å²) in [5, 5.41) is 3.21. The zero-order valence-electron chi connectivity index (χ0n) is 20.1. The molecule has 36 heavy (non-hydrogen) atoms. The predicted molar refractivity (Wildman–Crippen MR) is 143 cm³/mol. The average molecular weight is 548 g/mol. The molecule has 10 heteroatoms. The number of carbonyl (C=O) groups is 2. The van der Waals surface area contributed by atoms with E-state index in [4.69, 9.17) is 23.2 Å². The van der Waals surface area contributed by atoms with Crippen molar-refractivity contribution in [1.29, 1.82) is 0 Å². The lowest BCUT2D eigenvalue weighted by Gasteiger charge is -2.31. The molecule has 0 saturated heterocycles. The van der Waals surface area contributed by atoms with Crippen LogP contribution in [0.2, 0.25) is 10.0 Å². The highest BCUT2D eigenvalue weighted by Gasteiger charge is 2.32. The summed E-state index contributed by atoms with van der Waals surface area (Å²) in [5.41, 5.74) is 1.87. The Balaban J connectivity index is 2.01. The monoisotopic (exact) mass is 547 g/mol. The Hall–Kier alpha value is -3.07. The van der Waals surface area contributed by atoms with Crippen LogP contribution < -0.4 is 9.62 Å². The summed E-state index contributed by atoms with van der Waals surface area (Å²) in [6.45, 7) is 2.95. The molecular weight excluding hydrogens is 521 g/mol. The predicted octanol–water partition coefficient (Wildman–Crippen LogP) is 4.66. The number of hydrogen-bond donors (Lipinski definition) is 1. The van der Waals surface area contributed by atoms with E-state index >= 15 is 0 Å². The molecule has 7 nitrogen and oxygen atoms in total. The van der Waals surface area contributed by atoms with Gasteiger partial charge in [0.25, 0.3) is 10.0 Å². The van der Waals surface area contributed by atoms with Gasteiger partial charge in [0.2, 0.25) is 11.8 Å². The quantitative estimate of drug-likeness (QED) is 0.422. The number of nitrogens with zero attached hydrogens (tertiary/aromatic N) is 2. The lowest BCUT2D eigenvalue weighted by atomic mass is 10.1. The molecule has 3 aromatic carbocycles. The van der Waals surface area contributed by atoms with E-state index in [1.165, 1.54) is 24.1 Å². The molecule has 1 atom stereocenters. The zero-order valence-corrected chi connectivity index (χ0v) is 22.4. The lowest BCUT2D eigenvalue weighted by molar-refractivity contribution is -0.139.